The molecule has 1 rings (SSSR count). The van der Waals surface area contributed by atoms with Crippen molar-refractivity contribution < 1.29 is 14.3 Å². The van der Waals surface area contributed by atoms with Gasteiger partial charge >= 0.3 is 0 Å². The molecule has 0 saturated heterocycles. The van der Waals surface area contributed by atoms with Gasteiger partial charge < -0.3 is 15.8 Å². The third kappa shape index (κ3) is 4.62. The van der Waals surface area contributed by atoms with Crippen molar-refractivity contribution in [2.75, 3.05) is 12.3 Å². The minimum absolute atomic E-state index is 0.106. The number of Topliss-reactive ketones (excluding diaryl/α,β-unsaturated/α-hetero) is 1. The summed E-state index contributed by atoms with van der Waals surface area (Å²) in [7, 11) is 0. The van der Waals surface area contributed by atoms with Gasteiger partial charge in [-0.25, -0.2) is 0 Å². The zero-order valence-corrected chi connectivity index (χ0v) is 11.5. The van der Waals surface area contributed by atoms with Crippen molar-refractivity contribution >= 4 is 17.4 Å². The summed E-state index contributed by atoms with van der Waals surface area (Å²) in [6.07, 6.45) is 0.853. The van der Waals surface area contributed by atoms with E-state index in [2.05, 4.69) is 5.32 Å². The van der Waals surface area contributed by atoms with Crippen molar-refractivity contribution in [1.82, 2.24) is 5.32 Å². The monoisotopic (exact) mass is 264 g/mol. The molecule has 1 unspecified atom stereocenters. The maximum absolute atomic E-state index is 11.6. The largest absolute Gasteiger partial charge is 0.483 e. The van der Waals surface area contributed by atoms with Crippen LogP contribution in [0, 0.1) is 0 Å². The molecule has 19 heavy (non-hydrogen) atoms. The number of ketones is 1. The molecule has 1 aromatic carbocycles. The van der Waals surface area contributed by atoms with Crippen LogP contribution < -0.4 is 15.8 Å². The molecule has 0 aliphatic rings. The minimum Gasteiger partial charge on any atom is -0.483 e. The molecule has 0 bridgehead atoms. The summed E-state index contributed by atoms with van der Waals surface area (Å²) in [5.74, 6) is 0.0197. The van der Waals surface area contributed by atoms with E-state index in [1.54, 1.807) is 18.2 Å². The van der Waals surface area contributed by atoms with Crippen molar-refractivity contribution in [3.8, 4) is 5.75 Å². The molecule has 3 N–H and O–H groups in total. The predicted octanol–water partition coefficient (Wildman–Crippen LogP) is 1.76. The highest BCUT2D eigenvalue weighted by Crippen LogP contribution is 2.21. The lowest BCUT2D eigenvalue weighted by Gasteiger charge is -2.13. The molecular weight excluding hydrogens is 244 g/mol. The van der Waals surface area contributed by atoms with Crippen LogP contribution in [0.2, 0.25) is 0 Å². The second-order valence-electron chi connectivity index (χ2n) is 4.48. The Balaban J connectivity index is 2.67. The molecule has 0 saturated carbocycles. The molecule has 0 radical (unpaired) electrons. The van der Waals surface area contributed by atoms with Crippen molar-refractivity contribution in [2.24, 2.45) is 0 Å². The van der Waals surface area contributed by atoms with Crippen LogP contribution in [0.4, 0.5) is 5.69 Å². The summed E-state index contributed by atoms with van der Waals surface area (Å²) >= 11 is 0. The standard InChI is InChI=1S/C14H20N2O3/c1-4-9(2)16-14(18)8-19-13-6-5-11(15)7-12(13)10(3)17/h5-7,9H,4,8,15H2,1-3H3,(H,16,18). The highest BCUT2D eigenvalue weighted by molar-refractivity contribution is 5.97. The van der Waals surface area contributed by atoms with Gasteiger partial charge in [-0.1, -0.05) is 6.92 Å². The number of ether oxygens (including phenoxy) is 1. The third-order valence-electron chi connectivity index (χ3n) is 2.76. The van der Waals surface area contributed by atoms with Crippen molar-refractivity contribution in [2.45, 2.75) is 33.2 Å². The molecule has 0 spiro atoms. The van der Waals surface area contributed by atoms with Gasteiger partial charge in [-0.3, -0.25) is 9.59 Å². The van der Waals surface area contributed by atoms with E-state index in [9.17, 15) is 9.59 Å². The lowest BCUT2D eigenvalue weighted by atomic mass is 10.1. The second kappa shape index (κ2) is 6.78. The lowest BCUT2D eigenvalue weighted by molar-refractivity contribution is -0.123. The average Bonchev–Trinajstić information content (AvgIpc) is 2.36. The summed E-state index contributed by atoms with van der Waals surface area (Å²) in [6.45, 7) is 5.22. The van der Waals surface area contributed by atoms with Gasteiger partial charge in [-0.05, 0) is 38.5 Å². The van der Waals surface area contributed by atoms with E-state index >= 15 is 0 Å². The highest BCUT2D eigenvalue weighted by atomic mass is 16.5. The topological polar surface area (TPSA) is 81.4 Å². The van der Waals surface area contributed by atoms with Crippen LogP contribution in [0.5, 0.6) is 5.75 Å². The number of carbonyl (C=O) groups is 2. The van der Waals surface area contributed by atoms with Crippen molar-refractivity contribution in [1.29, 1.82) is 0 Å². The number of rotatable bonds is 6. The number of nitrogens with one attached hydrogen (secondary N) is 1. The van der Waals surface area contributed by atoms with Gasteiger partial charge in [0.25, 0.3) is 5.91 Å². The first-order chi connectivity index (χ1) is 8.93. The summed E-state index contributed by atoms with van der Waals surface area (Å²) in [5.41, 5.74) is 6.49. The fourth-order valence-corrected chi connectivity index (χ4v) is 1.51. The Hall–Kier alpha value is -2.04. The Morgan fingerprint density at radius 1 is 1.42 bits per heavy atom. The van der Waals surface area contributed by atoms with E-state index < -0.39 is 0 Å². The Labute approximate surface area is 113 Å². The second-order valence-corrected chi connectivity index (χ2v) is 4.48. The van der Waals surface area contributed by atoms with Crippen LogP contribution in [0.1, 0.15) is 37.6 Å². The van der Waals surface area contributed by atoms with Crippen LogP contribution in [0.3, 0.4) is 0 Å². The van der Waals surface area contributed by atoms with E-state index in [0.717, 1.165) is 6.42 Å². The maximum atomic E-state index is 11.6. The number of nitrogen functional groups attached to an aromatic ring is 1. The van der Waals surface area contributed by atoms with Gasteiger partial charge in [0.1, 0.15) is 5.75 Å². The fraction of sp³-hybridized carbons (Fsp3) is 0.429. The van der Waals surface area contributed by atoms with Crippen LogP contribution in [0.25, 0.3) is 0 Å². The van der Waals surface area contributed by atoms with E-state index in [-0.39, 0.29) is 24.3 Å². The van der Waals surface area contributed by atoms with E-state index in [1.165, 1.54) is 6.92 Å². The third-order valence-corrected chi connectivity index (χ3v) is 2.76. The Morgan fingerprint density at radius 3 is 2.68 bits per heavy atom. The van der Waals surface area contributed by atoms with Gasteiger partial charge in [0.2, 0.25) is 0 Å². The van der Waals surface area contributed by atoms with Gasteiger partial charge in [0.05, 0.1) is 5.56 Å². The maximum Gasteiger partial charge on any atom is 0.258 e. The number of hydrogen-bond acceptors (Lipinski definition) is 4. The number of hydrogen-bond donors (Lipinski definition) is 2. The Bertz CT molecular complexity index is 472. The quantitative estimate of drug-likeness (QED) is 0.606. The molecule has 1 atom stereocenters. The van der Waals surface area contributed by atoms with Gasteiger partial charge in [0, 0.05) is 11.7 Å². The van der Waals surface area contributed by atoms with Crippen LogP contribution in [-0.2, 0) is 4.79 Å². The van der Waals surface area contributed by atoms with Crippen molar-refractivity contribution in [3.05, 3.63) is 23.8 Å². The van der Waals surface area contributed by atoms with Crippen LogP contribution in [0.15, 0.2) is 18.2 Å². The minimum atomic E-state index is -0.208. The number of benzene rings is 1. The predicted molar refractivity (Wildman–Crippen MR) is 74.2 cm³/mol. The molecule has 0 aliphatic heterocycles. The summed E-state index contributed by atoms with van der Waals surface area (Å²) in [4.78, 5) is 23.0. The Morgan fingerprint density at radius 2 is 2.11 bits per heavy atom. The van der Waals surface area contributed by atoms with Crippen LogP contribution in [-0.4, -0.2) is 24.3 Å². The summed E-state index contributed by atoms with van der Waals surface area (Å²) < 4.78 is 5.37. The molecule has 0 aromatic heterocycles. The number of anilines is 1. The average molecular weight is 264 g/mol. The van der Waals surface area contributed by atoms with Crippen molar-refractivity contribution in [3.63, 3.8) is 0 Å². The van der Waals surface area contributed by atoms with Gasteiger partial charge in [-0.15, -0.1) is 0 Å². The highest BCUT2D eigenvalue weighted by Gasteiger charge is 2.11. The first-order valence-corrected chi connectivity index (χ1v) is 6.26. The summed E-state index contributed by atoms with van der Waals surface area (Å²) in [6, 6.07) is 4.89. The van der Waals surface area contributed by atoms with E-state index in [4.69, 9.17) is 10.5 Å². The van der Waals surface area contributed by atoms with Crippen LogP contribution >= 0.6 is 0 Å². The van der Waals surface area contributed by atoms with Gasteiger partial charge in [0.15, 0.2) is 12.4 Å². The van der Waals surface area contributed by atoms with E-state index in [0.29, 0.717) is 17.0 Å². The first-order valence-electron chi connectivity index (χ1n) is 6.26. The van der Waals surface area contributed by atoms with E-state index in [1.807, 2.05) is 13.8 Å². The lowest BCUT2D eigenvalue weighted by Crippen LogP contribution is -2.35. The number of carbonyl (C=O) groups excluding carboxylic acids is 2. The van der Waals surface area contributed by atoms with Gasteiger partial charge in [-0.2, -0.15) is 0 Å². The molecule has 5 heteroatoms. The zero-order valence-electron chi connectivity index (χ0n) is 11.5. The SMILES string of the molecule is CCC(C)NC(=O)COc1ccc(N)cc1C(C)=O. The zero-order chi connectivity index (χ0) is 14.4. The molecule has 0 aliphatic carbocycles. The number of amides is 1. The normalized spacial score (nSPS) is 11.7. The number of nitrogens with two attached hydrogens (primary N) is 1. The fourth-order valence-electron chi connectivity index (χ4n) is 1.51. The molecule has 0 heterocycles. The molecule has 0 fully saturated rings. The molecular formula is C14H20N2O3. The molecule has 104 valence electrons. The smallest absolute Gasteiger partial charge is 0.258 e. The molecule has 1 amide bonds. The first kappa shape index (κ1) is 15.0. The molecule has 1 aromatic rings. The molecule has 5 nitrogen and oxygen atoms in total. The summed E-state index contributed by atoms with van der Waals surface area (Å²) in [5, 5.41) is 2.79. The Kier molecular flexibility index (Phi) is 5.36.